The molecule has 2 aromatic heterocycles. The summed E-state index contributed by atoms with van der Waals surface area (Å²) in [5, 5.41) is 9.80. The number of pyridine rings is 1. The predicted molar refractivity (Wildman–Crippen MR) is 156 cm³/mol. The number of nitrogens with one attached hydrogen (secondary N) is 3. The highest BCUT2D eigenvalue weighted by atomic mass is 32.1. The molecule has 3 heterocycles. The van der Waals surface area contributed by atoms with Gasteiger partial charge >= 0.3 is 6.03 Å². The van der Waals surface area contributed by atoms with Crippen LogP contribution in [0, 0.1) is 6.92 Å². The summed E-state index contributed by atoms with van der Waals surface area (Å²) < 4.78 is 5.97. The van der Waals surface area contributed by atoms with Crippen molar-refractivity contribution in [3.63, 3.8) is 0 Å². The Hall–Kier alpha value is -4.44. The molecular formula is C30H29N5O4S. The van der Waals surface area contributed by atoms with E-state index in [-0.39, 0.29) is 29.9 Å². The zero-order chi connectivity index (χ0) is 27.8. The van der Waals surface area contributed by atoms with Gasteiger partial charge in [0.2, 0.25) is 5.91 Å². The zero-order valence-corrected chi connectivity index (χ0v) is 23.0. The molecule has 6 rings (SSSR count). The first kappa shape index (κ1) is 25.8. The van der Waals surface area contributed by atoms with Gasteiger partial charge in [0.25, 0.3) is 5.91 Å². The molecule has 0 spiro atoms. The Kier molecular flexibility index (Phi) is 6.85. The number of urea groups is 1. The van der Waals surface area contributed by atoms with Gasteiger partial charge in [-0.2, -0.15) is 0 Å². The molecule has 0 radical (unpaired) electrons. The molecule has 9 nitrogen and oxygen atoms in total. The minimum Gasteiger partial charge on any atom is -0.457 e. The Morgan fingerprint density at radius 3 is 2.58 bits per heavy atom. The molecular weight excluding hydrogens is 526 g/mol. The van der Waals surface area contributed by atoms with Gasteiger partial charge in [0.15, 0.2) is 0 Å². The normalized spacial score (nSPS) is 17.9. The van der Waals surface area contributed by atoms with Gasteiger partial charge in [-0.05, 0) is 68.1 Å². The van der Waals surface area contributed by atoms with Crippen LogP contribution < -0.4 is 25.6 Å². The third kappa shape index (κ3) is 4.75. The highest BCUT2D eigenvalue weighted by Gasteiger charge is 2.35. The number of para-hydroxylation sites is 1. The van der Waals surface area contributed by atoms with E-state index in [1.807, 2.05) is 62.4 Å². The molecule has 1 aliphatic heterocycles. The fourth-order valence-corrected chi connectivity index (χ4v) is 6.42. The van der Waals surface area contributed by atoms with Crippen molar-refractivity contribution in [2.75, 3.05) is 10.2 Å². The molecule has 1 aliphatic carbocycles. The second-order valence-electron chi connectivity index (χ2n) is 9.98. The lowest BCUT2D eigenvalue weighted by Gasteiger charge is -2.29. The van der Waals surface area contributed by atoms with Gasteiger partial charge in [-0.25, -0.2) is 9.78 Å². The molecule has 0 bridgehead atoms. The monoisotopic (exact) mass is 555 g/mol. The van der Waals surface area contributed by atoms with E-state index in [1.54, 1.807) is 17.2 Å². The lowest BCUT2D eigenvalue weighted by Crippen LogP contribution is -2.48. The Morgan fingerprint density at radius 1 is 1.05 bits per heavy atom. The summed E-state index contributed by atoms with van der Waals surface area (Å²) in [5.74, 6) is 1.09. The van der Waals surface area contributed by atoms with Gasteiger partial charge < -0.3 is 20.7 Å². The number of aromatic nitrogens is 1. The molecule has 10 heteroatoms. The van der Waals surface area contributed by atoms with Gasteiger partial charge in [-0.1, -0.05) is 25.1 Å². The van der Waals surface area contributed by atoms with Crippen molar-refractivity contribution >= 4 is 56.5 Å². The highest BCUT2D eigenvalue weighted by molar-refractivity contribution is 7.21. The molecule has 2 atom stereocenters. The van der Waals surface area contributed by atoms with Crippen LogP contribution in [0.25, 0.3) is 10.2 Å². The third-order valence-electron chi connectivity index (χ3n) is 7.34. The third-order valence-corrected chi connectivity index (χ3v) is 8.44. The summed E-state index contributed by atoms with van der Waals surface area (Å²) in [5.41, 5.74) is 2.68. The molecule has 2 aromatic carbocycles. The molecule has 0 unspecified atom stereocenters. The van der Waals surface area contributed by atoms with Crippen molar-refractivity contribution in [2.24, 2.45) is 0 Å². The maximum atomic E-state index is 13.5. The summed E-state index contributed by atoms with van der Waals surface area (Å²) in [6.45, 7) is 3.74. The van der Waals surface area contributed by atoms with Crippen LogP contribution >= 0.6 is 11.3 Å². The smallest absolute Gasteiger partial charge is 0.331 e. The number of anilines is 3. The zero-order valence-electron chi connectivity index (χ0n) is 22.2. The van der Waals surface area contributed by atoms with Crippen molar-refractivity contribution in [3.8, 4) is 11.5 Å². The Morgan fingerprint density at radius 2 is 1.82 bits per heavy atom. The Labute approximate surface area is 235 Å². The fourth-order valence-electron chi connectivity index (χ4n) is 5.40. The van der Waals surface area contributed by atoms with Crippen LogP contribution in [0.15, 0.2) is 60.8 Å². The quantitative estimate of drug-likeness (QED) is 0.249. The predicted octanol–water partition coefficient (Wildman–Crippen LogP) is 6.26. The van der Waals surface area contributed by atoms with Crippen molar-refractivity contribution in [1.82, 2.24) is 15.6 Å². The lowest BCUT2D eigenvalue weighted by molar-refractivity contribution is -0.121. The van der Waals surface area contributed by atoms with Gasteiger partial charge in [-0.15, -0.1) is 11.3 Å². The van der Waals surface area contributed by atoms with E-state index in [1.165, 1.54) is 11.3 Å². The fraction of sp³-hybridized carbons (Fsp3) is 0.267. The van der Waals surface area contributed by atoms with Crippen LogP contribution in [0.3, 0.4) is 0 Å². The SMILES string of the molecule is CCC(=O)N[C@H]1CCC[C@H]1NC(=O)c1sc2nccc3c2c1NC(=O)N3c1ccc(Oc2ccccc2)cc1C. The molecule has 1 fully saturated rings. The van der Waals surface area contributed by atoms with E-state index >= 15 is 0 Å². The number of ether oxygens (including phenoxy) is 1. The topological polar surface area (TPSA) is 113 Å². The number of thiophene rings is 1. The standard InChI is InChI=1S/C30H29N5O4S/c1-3-24(36)32-20-10-7-11-21(20)33-28(37)27-26-25-23(14-15-31-29(25)40-27)35(30(38)34-26)22-13-12-19(16-17(22)2)39-18-8-5-4-6-9-18/h4-6,8-9,12-16,20-21H,3,7,10-11H2,1-2H3,(H,32,36)(H,33,37)(H,34,38)/t20-,21+/m0/s1. The van der Waals surface area contributed by atoms with Crippen LogP contribution in [-0.4, -0.2) is 34.9 Å². The van der Waals surface area contributed by atoms with Crippen LogP contribution in [-0.2, 0) is 4.79 Å². The van der Waals surface area contributed by atoms with E-state index in [9.17, 15) is 14.4 Å². The molecule has 4 aromatic rings. The van der Waals surface area contributed by atoms with E-state index in [0.29, 0.717) is 38.9 Å². The second kappa shape index (κ2) is 10.6. The minimum atomic E-state index is -0.360. The number of rotatable bonds is 7. The van der Waals surface area contributed by atoms with E-state index < -0.39 is 0 Å². The first-order valence-electron chi connectivity index (χ1n) is 13.4. The lowest BCUT2D eigenvalue weighted by atomic mass is 10.1. The van der Waals surface area contributed by atoms with E-state index in [0.717, 1.165) is 36.0 Å². The second-order valence-corrected chi connectivity index (χ2v) is 11.0. The number of nitrogens with zero attached hydrogens (tertiary/aromatic N) is 2. The van der Waals surface area contributed by atoms with Crippen molar-refractivity contribution in [1.29, 1.82) is 0 Å². The number of hydrogen-bond acceptors (Lipinski definition) is 6. The van der Waals surface area contributed by atoms with Gasteiger partial charge in [0, 0.05) is 24.7 Å². The first-order chi connectivity index (χ1) is 19.4. The van der Waals surface area contributed by atoms with E-state index in [4.69, 9.17) is 4.74 Å². The van der Waals surface area contributed by atoms with Gasteiger partial charge in [0.1, 0.15) is 21.2 Å². The molecule has 3 N–H and O–H groups in total. The number of benzene rings is 2. The van der Waals surface area contributed by atoms with Gasteiger partial charge in [-0.3, -0.25) is 14.5 Å². The maximum absolute atomic E-state index is 13.5. The number of hydrogen-bond donors (Lipinski definition) is 3. The molecule has 0 saturated heterocycles. The number of amides is 4. The van der Waals surface area contributed by atoms with E-state index in [2.05, 4.69) is 20.9 Å². The first-order valence-corrected chi connectivity index (χ1v) is 14.2. The molecule has 2 aliphatic rings. The highest BCUT2D eigenvalue weighted by Crippen LogP contribution is 2.46. The summed E-state index contributed by atoms with van der Waals surface area (Å²) in [6, 6.07) is 16.3. The summed E-state index contributed by atoms with van der Waals surface area (Å²) >= 11 is 1.25. The van der Waals surface area contributed by atoms with Crippen molar-refractivity contribution in [2.45, 2.75) is 51.6 Å². The van der Waals surface area contributed by atoms with Crippen molar-refractivity contribution in [3.05, 3.63) is 71.2 Å². The van der Waals surface area contributed by atoms with Crippen LogP contribution in [0.5, 0.6) is 11.5 Å². The Balaban J connectivity index is 1.30. The molecule has 204 valence electrons. The molecule has 40 heavy (non-hydrogen) atoms. The summed E-state index contributed by atoms with van der Waals surface area (Å²) in [4.78, 5) is 46.1. The van der Waals surface area contributed by atoms with Crippen LogP contribution in [0.1, 0.15) is 47.8 Å². The molecule has 4 amide bonds. The number of aryl methyl sites for hydroxylation is 1. The minimum absolute atomic E-state index is 0.0285. The number of carbonyl (C=O) groups is 3. The largest absolute Gasteiger partial charge is 0.457 e. The number of carbonyl (C=O) groups excluding carboxylic acids is 3. The summed E-state index contributed by atoms with van der Waals surface area (Å²) in [6.07, 6.45) is 4.58. The Bertz CT molecular complexity index is 1620. The van der Waals surface area contributed by atoms with Crippen LogP contribution in [0.2, 0.25) is 0 Å². The van der Waals surface area contributed by atoms with Crippen LogP contribution in [0.4, 0.5) is 21.9 Å². The van der Waals surface area contributed by atoms with Gasteiger partial charge in [0.05, 0.1) is 22.4 Å². The van der Waals surface area contributed by atoms with Crippen molar-refractivity contribution < 1.29 is 19.1 Å². The molecule has 1 saturated carbocycles. The average molecular weight is 556 g/mol. The maximum Gasteiger partial charge on any atom is 0.331 e. The average Bonchev–Trinajstić information content (AvgIpc) is 3.55. The summed E-state index contributed by atoms with van der Waals surface area (Å²) in [7, 11) is 0.